The van der Waals surface area contributed by atoms with Crippen molar-refractivity contribution in [3.63, 3.8) is 0 Å². The second kappa shape index (κ2) is 6.74. The quantitative estimate of drug-likeness (QED) is 0.763. The van der Waals surface area contributed by atoms with Gasteiger partial charge in [0.1, 0.15) is 5.82 Å². The van der Waals surface area contributed by atoms with E-state index in [2.05, 4.69) is 10.2 Å². The summed E-state index contributed by atoms with van der Waals surface area (Å²) in [7, 11) is 1.99. The lowest BCUT2D eigenvalue weighted by Gasteiger charge is -2.24. The maximum atomic E-state index is 12.8. The highest BCUT2D eigenvalue weighted by Crippen LogP contribution is 2.39. The van der Waals surface area contributed by atoms with Crippen LogP contribution in [-0.4, -0.2) is 32.5 Å². The first-order valence-corrected chi connectivity index (χ1v) is 8.92. The molecular weight excluding hydrogens is 308 g/mol. The second-order valence-electron chi connectivity index (χ2n) is 5.85. The van der Waals surface area contributed by atoms with E-state index in [-0.39, 0.29) is 11.2 Å². The molecule has 0 spiro atoms. The molecular formula is C17H22N4OS. The molecule has 0 unspecified atom stereocenters. The number of hydrogen-bond acceptors (Lipinski definition) is 4. The number of amides is 1. The zero-order valence-corrected chi connectivity index (χ0v) is 14.6. The number of nitrogens with zero attached hydrogens (tertiary/aromatic N) is 4. The Kier molecular flexibility index (Phi) is 4.71. The predicted octanol–water partition coefficient (Wildman–Crippen LogP) is 3.23. The fourth-order valence-corrected chi connectivity index (χ4v) is 3.51. The molecule has 0 N–H and O–H groups in total. The van der Waals surface area contributed by atoms with Crippen molar-refractivity contribution in [2.75, 3.05) is 11.4 Å². The summed E-state index contributed by atoms with van der Waals surface area (Å²) in [4.78, 5) is 14.6. The van der Waals surface area contributed by atoms with E-state index < -0.39 is 0 Å². The maximum Gasteiger partial charge on any atom is 0.240 e. The molecule has 1 aliphatic carbocycles. The van der Waals surface area contributed by atoms with Gasteiger partial charge in [-0.05, 0) is 38.8 Å². The van der Waals surface area contributed by atoms with Crippen LogP contribution >= 0.6 is 11.8 Å². The molecule has 3 rings (SSSR count). The van der Waals surface area contributed by atoms with Crippen molar-refractivity contribution >= 4 is 23.4 Å². The molecule has 6 heteroatoms. The third-order valence-corrected chi connectivity index (χ3v) is 5.21. The summed E-state index contributed by atoms with van der Waals surface area (Å²) >= 11 is 1.48. The van der Waals surface area contributed by atoms with Crippen molar-refractivity contribution in [1.29, 1.82) is 0 Å². The molecule has 1 aliphatic rings. The van der Waals surface area contributed by atoms with Crippen LogP contribution in [0.1, 0.15) is 38.4 Å². The number of hydrogen-bond donors (Lipinski definition) is 0. The Morgan fingerprint density at radius 3 is 2.65 bits per heavy atom. The van der Waals surface area contributed by atoms with E-state index >= 15 is 0 Å². The highest BCUT2D eigenvalue weighted by atomic mass is 32.2. The topological polar surface area (TPSA) is 51.0 Å². The molecule has 1 aromatic carbocycles. The van der Waals surface area contributed by atoms with Gasteiger partial charge in [-0.25, -0.2) is 0 Å². The zero-order chi connectivity index (χ0) is 16.4. The fourth-order valence-electron chi connectivity index (χ4n) is 2.63. The molecule has 1 atom stereocenters. The molecule has 1 heterocycles. The van der Waals surface area contributed by atoms with Crippen LogP contribution in [0.5, 0.6) is 0 Å². The molecule has 1 fully saturated rings. The summed E-state index contributed by atoms with van der Waals surface area (Å²) < 4.78 is 2.03. The number of benzene rings is 1. The molecule has 1 aromatic heterocycles. The van der Waals surface area contributed by atoms with Gasteiger partial charge >= 0.3 is 0 Å². The molecule has 0 radical (unpaired) electrons. The Bertz CT molecular complexity index is 681. The van der Waals surface area contributed by atoms with Crippen molar-refractivity contribution in [2.24, 2.45) is 7.05 Å². The van der Waals surface area contributed by atoms with Gasteiger partial charge in [-0.3, -0.25) is 4.79 Å². The molecule has 5 nitrogen and oxygen atoms in total. The van der Waals surface area contributed by atoms with Crippen molar-refractivity contribution in [1.82, 2.24) is 14.8 Å². The van der Waals surface area contributed by atoms with Gasteiger partial charge in [0.15, 0.2) is 5.16 Å². The lowest BCUT2D eigenvalue weighted by Crippen LogP contribution is -2.36. The molecule has 1 amide bonds. The maximum absolute atomic E-state index is 12.8. The Hall–Kier alpha value is -1.82. The Balaban J connectivity index is 1.71. The molecule has 122 valence electrons. The minimum Gasteiger partial charge on any atom is -0.312 e. The first-order valence-electron chi connectivity index (χ1n) is 8.04. The molecule has 1 saturated carbocycles. The molecule has 2 aromatic rings. The van der Waals surface area contributed by atoms with Crippen LogP contribution in [0.25, 0.3) is 0 Å². The first kappa shape index (κ1) is 16.1. The summed E-state index contributed by atoms with van der Waals surface area (Å²) in [6, 6.07) is 9.79. The van der Waals surface area contributed by atoms with E-state index in [9.17, 15) is 4.79 Å². The second-order valence-corrected chi connectivity index (χ2v) is 7.16. The molecule has 23 heavy (non-hydrogen) atoms. The van der Waals surface area contributed by atoms with Gasteiger partial charge in [0.25, 0.3) is 0 Å². The normalized spacial score (nSPS) is 15.4. The molecule has 0 bridgehead atoms. The Morgan fingerprint density at radius 1 is 1.35 bits per heavy atom. The summed E-state index contributed by atoms with van der Waals surface area (Å²) in [6.45, 7) is 4.58. The number of aromatic nitrogens is 3. The highest BCUT2D eigenvalue weighted by molar-refractivity contribution is 8.00. The first-order chi connectivity index (χ1) is 11.1. The fraction of sp³-hybridized carbons (Fsp3) is 0.471. The largest absolute Gasteiger partial charge is 0.312 e. The van der Waals surface area contributed by atoms with E-state index in [1.165, 1.54) is 24.6 Å². The van der Waals surface area contributed by atoms with Crippen LogP contribution in [0.2, 0.25) is 0 Å². The summed E-state index contributed by atoms with van der Waals surface area (Å²) in [6.07, 6.45) is 2.39. The van der Waals surface area contributed by atoms with Crippen molar-refractivity contribution in [3.8, 4) is 0 Å². The summed E-state index contributed by atoms with van der Waals surface area (Å²) in [5.74, 6) is 1.70. The number of carbonyl (C=O) groups excluding carboxylic acids is 1. The number of rotatable bonds is 6. The van der Waals surface area contributed by atoms with Gasteiger partial charge in [0.05, 0.1) is 5.25 Å². The predicted molar refractivity (Wildman–Crippen MR) is 92.8 cm³/mol. The lowest BCUT2D eigenvalue weighted by molar-refractivity contribution is -0.117. The van der Waals surface area contributed by atoms with E-state index in [0.29, 0.717) is 12.5 Å². The van der Waals surface area contributed by atoms with Crippen LogP contribution in [-0.2, 0) is 11.8 Å². The van der Waals surface area contributed by atoms with Crippen LogP contribution < -0.4 is 4.90 Å². The number of para-hydroxylation sites is 1. The Labute approximate surface area is 141 Å². The van der Waals surface area contributed by atoms with E-state index in [1.807, 2.05) is 60.7 Å². The standard InChI is InChI=1S/C17H22N4OS/c1-4-21(14-8-6-5-7-9-14)16(22)12(2)23-17-19-18-15(20(17)3)13-10-11-13/h5-9,12-13H,4,10-11H2,1-3H3/t12-/m0/s1. The third-order valence-electron chi connectivity index (χ3n) is 4.09. The molecule has 0 aliphatic heterocycles. The van der Waals surface area contributed by atoms with Crippen molar-refractivity contribution < 1.29 is 4.79 Å². The van der Waals surface area contributed by atoms with Crippen molar-refractivity contribution in [2.45, 2.75) is 43.0 Å². The smallest absolute Gasteiger partial charge is 0.240 e. The SMILES string of the molecule is CCN(C(=O)[C@H](C)Sc1nnc(C2CC2)n1C)c1ccccc1. The van der Waals surface area contributed by atoms with E-state index in [0.717, 1.165) is 16.7 Å². The number of thioether (sulfide) groups is 1. The zero-order valence-electron chi connectivity index (χ0n) is 13.8. The minimum absolute atomic E-state index is 0.0969. The van der Waals surface area contributed by atoms with Crippen LogP contribution in [0, 0.1) is 0 Å². The number of carbonyl (C=O) groups is 1. The van der Waals surface area contributed by atoms with Gasteiger partial charge < -0.3 is 9.47 Å². The van der Waals surface area contributed by atoms with Gasteiger partial charge in [-0.1, -0.05) is 30.0 Å². The third kappa shape index (κ3) is 3.42. The van der Waals surface area contributed by atoms with Gasteiger partial charge in [0.2, 0.25) is 5.91 Å². The van der Waals surface area contributed by atoms with Gasteiger partial charge in [-0.15, -0.1) is 10.2 Å². The summed E-state index contributed by atoms with van der Waals surface area (Å²) in [5.41, 5.74) is 0.934. The Morgan fingerprint density at radius 2 is 2.04 bits per heavy atom. The minimum atomic E-state index is -0.204. The van der Waals surface area contributed by atoms with Crippen molar-refractivity contribution in [3.05, 3.63) is 36.2 Å². The summed E-state index contributed by atoms with van der Waals surface area (Å²) in [5, 5.41) is 9.16. The lowest BCUT2D eigenvalue weighted by atomic mass is 10.2. The van der Waals surface area contributed by atoms with E-state index in [4.69, 9.17) is 0 Å². The van der Waals surface area contributed by atoms with Crippen LogP contribution in [0.3, 0.4) is 0 Å². The average Bonchev–Trinajstić information content (AvgIpc) is 3.34. The van der Waals surface area contributed by atoms with Crippen LogP contribution in [0.15, 0.2) is 35.5 Å². The number of anilines is 1. The van der Waals surface area contributed by atoms with E-state index in [1.54, 1.807) is 0 Å². The highest BCUT2D eigenvalue weighted by Gasteiger charge is 2.30. The van der Waals surface area contributed by atoms with Gasteiger partial charge in [-0.2, -0.15) is 0 Å². The van der Waals surface area contributed by atoms with Gasteiger partial charge in [0, 0.05) is 25.2 Å². The monoisotopic (exact) mass is 330 g/mol. The van der Waals surface area contributed by atoms with Crippen LogP contribution in [0.4, 0.5) is 5.69 Å². The molecule has 0 saturated heterocycles. The average molecular weight is 330 g/mol.